The summed E-state index contributed by atoms with van der Waals surface area (Å²) in [6, 6.07) is 15.4. The molecule has 1 saturated carbocycles. The van der Waals surface area contributed by atoms with Gasteiger partial charge in [-0.2, -0.15) is 0 Å². The van der Waals surface area contributed by atoms with E-state index in [-0.39, 0.29) is 23.3 Å². The third-order valence-corrected chi connectivity index (χ3v) is 7.32. The minimum Gasteiger partial charge on any atom is -0.497 e. The van der Waals surface area contributed by atoms with Crippen molar-refractivity contribution in [1.29, 1.82) is 0 Å². The molecule has 1 unspecified atom stereocenters. The van der Waals surface area contributed by atoms with Crippen LogP contribution in [0.2, 0.25) is 0 Å². The lowest BCUT2D eigenvalue weighted by molar-refractivity contribution is -0.122. The lowest BCUT2D eigenvalue weighted by atomic mass is 9.76. The molecule has 2 fully saturated rings. The number of likely N-dealkylation sites (tertiary alicyclic amines) is 1. The molecule has 174 valence electrons. The fraction of sp³-hybridized carbons (Fsp3) is 0.481. The molecule has 0 aromatic heterocycles. The van der Waals surface area contributed by atoms with Crippen LogP contribution < -0.4 is 14.8 Å². The quantitative estimate of drug-likeness (QED) is 0.721. The molecule has 6 heteroatoms. The van der Waals surface area contributed by atoms with Crippen LogP contribution in [0.15, 0.2) is 48.5 Å². The van der Waals surface area contributed by atoms with Gasteiger partial charge in [0.05, 0.1) is 7.11 Å². The second kappa shape index (κ2) is 9.08. The number of amides is 2. The van der Waals surface area contributed by atoms with Crippen molar-refractivity contribution in [3.05, 3.63) is 59.7 Å². The minimum atomic E-state index is -0.327. The number of methoxy groups -OCH3 is 1. The average molecular weight is 449 g/mol. The molecule has 0 bridgehead atoms. The van der Waals surface area contributed by atoms with Gasteiger partial charge in [0.2, 0.25) is 5.91 Å². The monoisotopic (exact) mass is 448 g/mol. The molecule has 2 heterocycles. The van der Waals surface area contributed by atoms with Crippen LogP contribution in [0.3, 0.4) is 0 Å². The van der Waals surface area contributed by atoms with E-state index in [1.54, 1.807) is 7.11 Å². The third-order valence-electron chi connectivity index (χ3n) is 7.32. The van der Waals surface area contributed by atoms with Crippen LogP contribution in [0.5, 0.6) is 11.5 Å². The summed E-state index contributed by atoms with van der Waals surface area (Å²) in [7, 11) is 1.62. The van der Waals surface area contributed by atoms with Gasteiger partial charge in [0.25, 0.3) is 5.91 Å². The first kappa shape index (κ1) is 21.8. The third kappa shape index (κ3) is 4.85. The Morgan fingerprint density at radius 2 is 1.82 bits per heavy atom. The van der Waals surface area contributed by atoms with E-state index in [0.29, 0.717) is 31.0 Å². The number of para-hydroxylation sites is 1. The largest absolute Gasteiger partial charge is 0.497 e. The summed E-state index contributed by atoms with van der Waals surface area (Å²) in [5, 5.41) is 3.12. The van der Waals surface area contributed by atoms with E-state index in [2.05, 4.69) is 11.4 Å². The molecule has 2 aliphatic heterocycles. The van der Waals surface area contributed by atoms with Gasteiger partial charge in [-0.05, 0) is 61.1 Å². The Labute approximate surface area is 195 Å². The lowest BCUT2D eigenvalue weighted by Gasteiger charge is -2.47. The van der Waals surface area contributed by atoms with Gasteiger partial charge in [0.15, 0.2) is 0 Å². The molecule has 2 aromatic rings. The smallest absolute Gasteiger partial charge is 0.253 e. The molecule has 6 nitrogen and oxygen atoms in total. The van der Waals surface area contributed by atoms with Gasteiger partial charge in [0, 0.05) is 50.4 Å². The molecule has 5 rings (SSSR count). The summed E-state index contributed by atoms with van der Waals surface area (Å²) < 4.78 is 11.8. The van der Waals surface area contributed by atoms with E-state index in [1.807, 2.05) is 47.4 Å². The molecular weight excluding hydrogens is 416 g/mol. The zero-order chi connectivity index (χ0) is 22.8. The Morgan fingerprint density at radius 3 is 2.52 bits per heavy atom. The number of rotatable bonds is 6. The van der Waals surface area contributed by atoms with Crippen molar-refractivity contribution in [3.8, 4) is 11.5 Å². The number of hydrogen-bond donors (Lipinski definition) is 1. The number of carbonyl (C=O) groups excluding carboxylic acids is 2. The van der Waals surface area contributed by atoms with Crippen LogP contribution in [-0.2, 0) is 4.79 Å². The van der Waals surface area contributed by atoms with Crippen molar-refractivity contribution in [2.45, 2.75) is 50.0 Å². The number of nitrogens with zero attached hydrogens (tertiary/aromatic N) is 1. The highest BCUT2D eigenvalue weighted by atomic mass is 16.5. The number of fused-ring (bicyclic) bond motifs is 1. The zero-order valence-corrected chi connectivity index (χ0v) is 19.2. The molecule has 1 saturated heterocycles. The maximum atomic E-state index is 13.0. The number of hydrogen-bond acceptors (Lipinski definition) is 4. The Kier molecular flexibility index (Phi) is 6.00. The maximum absolute atomic E-state index is 13.0. The summed E-state index contributed by atoms with van der Waals surface area (Å²) >= 11 is 0. The first-order valence-electron chi connectivity index (χ1n) is 12.0. The highest BCUT2D eigenvalue weighted by molar-refractivity contribution is 5.94. The SMILES string of the molecule is COc1ccc(C(=O)N2CCC3(CC2)CC(CC(=O)NCC2CC2)c2ccccc2O3)cc1. The Hall–Kier alpha value is -3.02. The fourth-order valence-electron chi connectivity index (χ4n) is 5.14. The number of piperidine rings is 1. The van der Waals surface area contributed by atoms with Gasteiger partial charge in [-0.25, -0.2) is 0 Å². The van der Waals surface area contributed by atoms with E-state index in [1.165, 1.54) is 12.8 Å². The molecule has 0 radical (unpaired) electrons. The standard InChI is InChI=1S/C27H32N2O4/c1-32-22-10-8-20(9-11-22)26(31)29-14-12-27(13-15-29)17-21(16-25(30)28-18-19-6-7-19)23-4-2-3-5-24(23)33-27/h2-5,8-11,19,21H,6-7,12-18H2,1H3,(H,28,30). The maximum Gasteiger partial charge on any atom is 0.253 e. The van der Waals surface area contributed by atoms with Gasteiger partial charge in [0.1, 0.15) is 17.1 Å². The highest BCUT2D eigenvalue weighted by Crippen LogP contribution is 2.46. The number of nitrogens with one attached hydrogen (secondary N) is 1. The molecule has 3 aliphatic rings. The van der Waals surface area contributed by atoms with Crippen molar-refractivity contribution >= 4 is 11.8 Å². The molecular formula is C27H32N2O4. The van der Waals surface area contributed by atoms with Gasteiger partial charge >= 0.3 is 0 Å². The second-order valence-electron chi connectivity index (χ2n) is 9.70. The Morgan fingerprint density at radius 1 is 1.09 bits per heavy atom. The van der Waals surface area contributed by atoms with Crippen LogP contribution in [0.1, 0.15) is 60.4 Å². The molecule has 1 atom stereocenters. The summed E-state index contributed by atoms with van der Waals surface area (Å²) in [4.78, 5) is 27.6. The van der Waals surface area contributed by atoms with E-state index < -0.39 is 0 Å². The molecule has 33 heavy (non-hydrogen) atoms. The minimum absolute atomic E-state index is 0.0414. The summed E-state index contributed by atoms with van der Waals surface area (Å²) in [5.74, 6) is 2.61. The van der Waals surface area contributed by atoms with Crippen molar-refractivity contribution in [1.82, 2.24) is 10.2 Å². The van der Waals surface area contributed by atoms with Crippen LogP contribution in [-0.4, -0.2) is 49.1 Å². The normalized spacial score (nSPS) is 21.1. The molecule has 1 spiro atoms. The molecule has 1 aliphatic carbocycles. The van der Waals surface area contributed by atoms with E-state index >= 15 is 0 Å². The average Bonchev–Trinajstić information content (AvgIpc) is 3.68. The summed E-state index contributed by atoms with van der Waals surface area (Å²) in [5.41, 5.74) is 1.47. The Bertz CT molecular complexity index is 1010. The second-order valence-corrected chi connectivity index (χ2v) is 9.70. The van der Waals surface area contributed by atoms with Gasteiger partial charge in [-0.15, -0.1) is 0 Å². The first-order valence-corrected chi connectivity index (χ1v) is 12.0. The number of benzene rings is 2. The number of ether oxygens (including phenoxy) is 2. The van der Waals surface area contributed by atoms with Gasteiger partial charge in [-0.1, -0.05) is 18.2 Å². The number of carbonyl (C=O) groups is 2. The fourth-order valence-corrected chi connectivity index (χ4v) is 5.14. The highest BCUT2D eigenvalue weighted by Gasteiger charge is 2.44. The molecule has 2 aromatic carbocycles. The van der Waals surface area contributed by atoms with E-state index in [4.69, 9.17) is 9.47 Å². The molecule has 2 amide bonds. The lowest BCUT2D eigenvalue weighted by Crippen LogP contribution is -2.52. The van der Waals surface area contributed by atoms with Gasteiger partial charge < -0.3 is 19.7 Å². The van der Waals surface area contributed by atoms with E-state index in [9.17, 15) is 9.59 Å². The summed E-state index contributed by atoms with van der Waals surface area (Å²) in [6.07, 6.45) is 5.30. The van der Waals surface area contributed by atoms with Crippen LogP contribution in [0.4, 0.5) is 0 Å². The predicted molar refractivity (Wildman–Crippen MR) is 126 cm³/mol. The van der Waals surface area contributed by atoms with Crippen LogP contribution >= 0.6 is 0 Å². The molecule has 1 N–H and O–H groups in total. The summed E-state index contributed by atoms with van der Waals surface area (Å²) in [6.45, 7) is 2.10. The van der Waals surface area contributed by atoms with Crippen LogP contribution in [0, 0.1) is 5.92 Å². The van der Waals surface area contributed by atoms with Crippen molar-refractivity contribution in [3.63, 3.8) is 0 Å². The first-order chi connectivity index (χ1) is 16.0. The predicted octanol–water partition coefficient (Wildman–Crippen LogP) is 4.15. The Balaban J connectivity index is 1.25. The zero-order valence-electron chi connectivity index (χ0n) is 19.2. The van der Waals surface area contributed by atoms with Crippen molar-refractivity contribution in [2.24, 2.45) is 5.92 Å². The van der Waals surface area contributed by atoms with Gasteiger partial charge in [-0.3, -0.25) is 9.59 Å². The van der Waals surface area contributed by atoms with Crippen molar-refractivity contribution < 1.29 is 19.1 Å². The topological polar surface area (TPSA) is 67.9 Å². The van der Waals surface area contributed by atoms with Crippen LogP contribution in [0.25, 0.3) is 0 Å². The van der Waals surface area contributed by atoms with E-state index in [0.717, 1.165) is 42.9 Å². The van der Waals surface area contributed by atoms with Crippen molar-refractivity contribution in [2.75, 3.05) is 26.7 Å².